The van der Waals surface area contributed by atoms with Crippen molar-refractivity contribution >= 4 is 11.5 Å². The quantitative estimate of drug-likeness (QED) is 0.773. The Bertz CT molecular complexity index is 884. The normalized spacial score (nSPS) is 20.9. The lowest BCUT2D eigenvalue weighted by Gasteiger charge is -2.17. The fourth-order valence-corrected chi connectivity index (χ4v) is 3.50. The first-order chi connectivity index (χ1) is 12.1. The topological polar surface area (TPSA) is 84.4 Å². The van der Waals surface area contributed by atoms with Gasteiger partial charge in [0.15, 0.2) is 11.5 Å². The summed E-state index contributed by atoms with van der Waals surface area (Å²) in [5.74, 6) is 2.07. The van der Waals surface area contributed by atoms with E-state index in [0.29, 0.717) is 6.04 Å². The minimum atomic E-state index is 0.155. The van der Waals surface area contributed by atoms with Gasteiger partial charge in [-0.3, -0.25) is 4.68 Å². The van der Waals surface area contributed by atoms with Crippen LogP contribution in [0.4, 0.5) is 5.82 Å². The number of aryl methyl sites for hydroxylation is 1. The van der Waals surface area contributed by atoms with Gasteiger partial charge in [0.25, 0.3) is 0 Å². The summed E-state index contributed by atoms with van der Waals surface area (Å²) in [5.41, 5.74) is 1.92. The number of fused-ring (bicyclic) bond motifs is 1. The third kappa shape index (κ3) is 2.76. The third-order valence-corrected chi connectivity index (χ3v) is 4.98. The van der Waals surface area contributed by atoms with Crippen molar-refractivity contribution in [2.24, 2.45) is 5.92 Å². The maximum atomic E-state index is 9.86. The predicted molar refractivity (Wildman–Crippen MR) is 93.7 cm³/mol. The molecule has 0 bridgehead atoms. The van der Waals surface area contributed by atoms with Crippen molar-refractivity contribution in [3.63, 3.8) is 0 Å². The monoisotopic (exact) mass is 341 g/mol. The SMILES string of the molecule is Cc1nnc2ccc(N3C[C@@H](CO)[C@H](c4cnn(C(C)C)c4)C3)nn12. The molecular formula is C17H23N7O. The van der Waals surface area contributed by atoms with Gasteiger partial charge in [-0.2, -0.15) is 9.61 Å². The van der Waals surface area contributed by atoms with Gasteiger partial charge in [-0.1, -0.05) is 0 Å². The summed E-state index contributed by atoms with van der Waals surface area (Å²) in [6.07, 6.45) is 4.03. The maximum Gasteiger partial charge on any atom is 0.178 e. The molecule has 1 aliphatic heterocycles. The summed E-state index contributed by atoms with van der Waals surface area (Å²) in [7, 11) is 0. The van der Waals surface area contributed by atoms with Crippen LogP contribution in [0.2, 0.25) is 0 Å². The van der Waals surface area contributed by atoms with Crippen molar-refractivity contribution in [2.75, 3.05) is 24.6 Å². The molecule has 8 nitrogen and oxygen atoms in total. The summed E-state index contributed by atoms with van der Waals surface area (Å²) < 4.78 is 3.73. The van der Waals surface area contributed by atoms with E-state index in [1.54, 1.807) is 4.52 Å². The Morgan fingerprint density at radius 1 is 1.24 bits per heavy atom. The van der Waals surface area contributed by atoms with Crippen molar-refractivity contribution in [3.8, 4) is 0 Å². The first kappa shape index (κ1) is 16.0. The zero-order valence-electron chi connectivity index (χ0n) is 14.7. The molecule has 0 radical (unpaired) electrons. The van der Waals surface area contributed by atoms with Gasteiger partial charge in [0.05, 0.1) is 6.20 Å². The van der Waals surface area contributed by atoms with Gasteiger partial charge < -0.3 is 10.0 Å². The summed E-state index contributed by atoms with van der Waals surface area (Å²) in [6.45, 7) is 7.86. The van der Waals surface area contributed by atoms with E-state index in [4.69, 9.17) is 0 Å². The summed E-state index contributed by atoms with van der Waals surface area (Å²) in [6, 6.07) is 4.23. The number of anilines is 1. The van der Waals surface area contributed by atoms with Crippen LogP contribution in [0.15, 0.2) is 24.5 Å². The largest absolute Gasteiger partial charge is 0.396 e. The van der Waals surface area contributed by atoms with Crippen molar-refractivity contribution < 1.29 is 5.11 Å². The molecule has 0 amide bonds. The zero-order valence-corrected chi connectivity index (χ0v) is 14.7. The molecule has 4 heterocycles. The lowest BCUT2D eigenvalue weighted by atomic mass is 9.92. The van der Waals surface area contributed by atoms with Crippen LogP contribution < -0.4 is 4.90 Å². The maximum absolute atomic E-state index is 9.86. The molecule has 1 aliphatic rings. The third-order valence-electron chi connectivity index (χ3n) is 4.98. The molecule has 3 aromatic rings. The average Bonchev–Trinajstić information content (AvgIpc) is 3.32. The second-order valence-corrected chi connectivity index (χ2v) is 7.01. The highest BCUT2D eigenvalue weighted by molar-refractivity contribution is 5.47. The van der Waals surface area contributed by atoms with E-state index in [0.717, 1.165) is 30.4 Å². The Hall–Kier alpha value is -2.48. The van der Waals surface area contributed by atoms with Crippen LogP contribution in [0, 0.1) is 12.8 Å². The first-order valence-electron chi connectivity index (χ1n) is 8.65. The molecule has 0 saturated carbocycles. The van der Waals surface area contributed by atoms with E-state index >= 15 is 0 Å². The highest BCUT2D eigenvalue weighted by atomic mass is 16.3. The molecule has 3 aromatic heterocycles. The number of rotatable bonds is 4. The molecule has 132 valence electrons. The summed E-state index contributed by atoms with van der Waals surface area (Å²) in [5, 5.41) is 27.1. The smallest absolute Gasteiger partial charge is 0.178 e. The van der Waals surface area contributed by atoms with Crippen molar-refractivity contribution in [1.82, 2.24) is 29.6 Å². The van der Waals surface area contributed by atoms with Crippen LogP contribution >= 0.6 is 0 Å². The number of aliphatic hydroxyl groups is 1. The number of nitrogens with zero attached hydrogens (tertiary/aromatic N) is 7. The van der Waals surface area contributed by atoms with Crippen LogP contribution in [0.25, 0.3) is 5.65 Å². The van der Waals surface area contributed by atoms with E-state index in [2.05, 4.69) is 45.3 Å². The van der Waals surface area contributed by atoms with Gasteiger partial charge in [0, 0.05) is 43.8 Å². The number of hydrogen-bond acceptors (Lipinski definition) is 6. The molecule has 0 unspecified atom stereocenters. The van der Waals surface area contributed by atoms with Crippen LogP contribution in [-0.4, -0.2) is 54.4 Å². The van der Waals surface area contributed by atoms with Gasteiger partial charge in [-0.15, -0.1) is 15.3 Å². The summed E-state index contributed by atoms with van der Waals surface area (Å²) in [4.78, 5) is 2.22. The molecule has 1 saturated heterocycles. The molecule has 25 heavy (non-hydrogen) atoms. The Labute approximate surface area is 146 Å². The van der Waals surface area contributed by atoms with E-state index in [-0.39, 0.29) is 18.4 Å². The van der Waals surface area contributed by atoms with Crippen molar-refractivity contribution in [1.29, 1.82) is 0 Å². The molecule has 1 fully saturated rings. The van der Waals surface area contributed by atoms with E-state index < -0.39 is 0 Å². The average molecular weight is 341 g/mol. The van der Waals surface area contributed by atoms with Crippen molar-refractivity contribution in [2.45, 2.75) is 32.7 Å². The van der Waals surface area contributed by atoms with Gasteiger partial charge in [-0.05, 0) is 38.5 Å². The highest BCUT2D eigenvalue weighted by Gasteiger charge is 2.35. The molecular weight excluding hydrogens is 318 g/mol. The van der Waals surface area contributed by atoms with E-state index in [1.165, 1.54) is 5.56 Å². The molecule has 8 heteroatoms. The minimum absolute atomic E-state index is 0.155. The molecule has 4 rings (SSSR count). The Kier molecular flexibility index (Phi) is 3.91. The molecule has 2 atom stereocenters. The summed E-state index contributed by atoms with van der Waals surface area (Å²) >= 11 is 0. The van der Waals surface area contributed by atoms with Crippen LogP contribution in [0.3, 0.4) is 0 Å². The fourth-order valence-electron chi connectivity index (χ4n) is 3.50. The van der Waals surface area contributed by atoms with Crippen molar-refractivity contribution in [3.05, 3.63) is 35.9 Å². The number of hydrogen-bond donors (Lipinski definition) is 1. The van der Waals surface area contributed by atoms with Gasteiger partial charge in [-0.25, -0.2) is 0 Å². The van der Waals surface area contributed by atoms with Gasteiger partial charge >= 0.3 is 0 Å². The Morgan fingerprint density at radius 2 is 2.08 bits per heavy atom. The lowest BCUT2D eigenvalue weighted by molar-refractivity contribution is 0.227. The second kappa shape index (κ2) is 6.11. The predicted octanol–water partition coefficient (Wildman–Crippen LogP) is 1.42. The Morgan fingerprint density at radius 3 is 2.80 bits per heavy atom. The highest BCUT2D eigenvalue weighted by Crippen LogP contribution is 2.34. The molecule has 1 N–H and O–H groups in total. The standard InChI is InChI=1S/C17H23N7O/c1-11(2)23-8-13(6-18-23)15-9-22(7-14(15)10-25)17-5-4-16-20-19-12(3)24(16)21-17/h4-6,8,11,14-15,25H,7,9-10H2,1-3H3/t14-,15-/m0/s1. The van der Waals surface area contributed by atoms with Crippen LogP contribution in [-0.2, 0) is 0 Å². The van der Waals surface area contributed by atoms with E-state index in [9.17, 15) is 5.11 Å². The van der Waals surface area contributed by atoms with Gasteiger partial charge in [0.1, 0.15) is 5.82 Å². The zero-order chi connectivity index (χ0) is 17.6. The fraction of sp³-hybridized carbons (Fsp3) is 0.529. The van der Waals surface area contributed by atoms with Gasteiger partial charge in [0.2, 0.25) is 0 Å². The number of aromatic nitrogens is 6. The number of aliphatic hydroxyl groups excluding tert-OH is 1. The Balaban J connectivity index is 1.62. The second-order valence-electron chi connectivity index (χ2n) is 7.01. The van der Waals surface area contributed by atoms with Crippen LogP contribution in [0.5, 0.6) is 0 Å². The molecule has 0 spiro atoms. The van der Waals surface area contributed by atoms with Crippen LogP contribution in [0.1, 0.15) is 37.2 Å². The van der Waals surface area contributed by atoms with E-state index in [1.807, 2.05) is 29.9 Å². The lowest BCUT2D eigenvalue weighted by Crippen LogP contribution is -2.22. The molecule has 0 aliphatic carbocycles. The minimum Gasteiger partial charge on any atom is -0.396 e. The first-order valence-corrected chi connectivity index (χ1v) is 8.65. The molecule has 0 aromatic carbocycles.